The molecule has 0 bridgehead atoms. The molecule has 0 saturated heterocycles. The molecule has 0 N–H and O–H groups in total. The highest BCUT2D eigenvalue weighted by atomic mass is 14.9. The molecule has 2 nitrogen and oxygen atoms in total. The predicted molar refractivity (Wildman–Crippen MR) is 175 cm³/mol. The largest absolute Gasteiger partial charge is 0.236 e. The van der Waals surface area contributed by atoms with Crippen molar-refractivity contribution in [2.45, 2.75) is 5.41 Å². The molecular formula is C41H26N2. The smallest absolute Gasteiger partial charge is 0.159 e. The summed E-state index contributed by atoms with van der Waals surface area (Å²) < 4.78 is 0. The van der Waals surface area contributed by atoms with Crippen LogP contribution in [0.25, 0.3) is 55.9 Å². The van der Waals surface area contributed by atoms with Crippen molar-refractivity contribution in [2.24, 2.45) is 0 Å². The van der Waals surface area contributed by atoms with Crippen LogP contribution in [0.5, 0.6) is 0 Å². The van der Waals surface area contributed by atoms with E-state index in [1.54, 1.807) is 0 Å². The second-order valence-electron chi connectivity index (χ2n) is 11.4. The van der Waals surface area contributed by atoms with E-state index in [1.165, 1.54) is 55.6 Å². The molecule has 0 saturated carbocycles. The third-order valence-corrected chi connectivity index (χ3v) is 9.17. The minimum absolute atomic E-state index is 0.523. The van der Waals surface area contributed by atoms with Crippen LogP contribution < -0.4 is 0 Å². The lowest BCUT2D eigenvalue weighted by Gasteiger charge is -2.29. The van der Waals surface area contributed by atoms with Gasteiger partial charge in [0.15, 0.2) is 5.82 Å². The molecule has 0 amide bonds. The first-order valence-electron chi connectivity index (χ1n) is 14.8. The van der Waals surface area contributed by atoms with Crippen LogP contribution in [0.4, 0.5) is 0 Å². The molecule has 1 aromatic heterocycles. The topological polar surface area (TPSA) is 25.8 Å². The Morgan fingerprint density at radius 3 is 1.53 bits per heavy atom. The van der Waals surface area contributed by atoms with Crippen LogP contribution in [0.15, 0.2) is 158 Å². The van der Waals surface area contributed by atoms with Gasteiger partial charge in [-0.25, -0.2) is 9.97 Å². The minimum atomic E-state index is -0.523. The van der Waals surface area contributed by atoms with Gasteiger partial charge in [0.1, 0.15) is 0 Å². The number of fused-ring (bicyclic) bond motifs is 10. The van der Waals surface area contributed by atoms with E-state index < -0.39 is 5.41 Å². The average Bonchev–Trinajstić information content (AvgIpc) is 3.56. The summed E-state index contributed by atoms with van der Waals surface area (Å²) in [6.45, 7) is 0. The van der Waals surface area contributed by atoms with E-state index in [0.717, 1.165) is 22.6 Å². The van der Waals surface area contributed by atoms with Crippen LogP contribution >= 0.6 is 0 Å². The van der Waals surface area contributed by atoms with Crippen molar-refractivity contribution in [3.8, 4) is 55.9 Å². The van der Waals surface area contributed by atoms with Crippen molar-refractivity contribution in [2.75, 3.05) is 0 Å². The molecule has 6 aromatic carbocycles. The van der Waals surface area contributed by atoms with Crippen LogP contribution in [0.2, 0.25) is 0 Å². The maximum absolute atomic E-state index is 5.41. The molecule has 1 spiro atoms. The molecule has 2 aliphatic carbocycles. The van der Waals surface area contributed by atoms with Gasteiger partial charge in [-0.05, 0) is 61.7 Å². The highest BCUT2D eigenvalue weighted by Crippen LogP contribution is 2.62. The van der Waals surface area contributed by atoms with E-state index in [4.69, 9.17) is 9.97 Å². The first kappa shape index (κ1) is 24.0. The van der Waals surface area contributed by atoms with Gasteiger partial charge < -0.3 is 0 Å². The van der Waals surface area contributed by atoms with Crippen molar-refractivity contribution in [1.29, 1.82) is 0 Å². The lowest BCUT2D eigenvalue weighted by atomic mass is 9.72. The Morgan fingerprint density at radius 1 is 0.372 bits per heavy atom. The molecule has 200 valence electrons. The molecule has 43 heavy (non-hydrogen) atoms. The molecule has 2 heteroatoms. The average molecular weight is 547 g/mol. The molecule has 7 aromatic rings. The highest BCUT2D eigenvalue weighted by Gasteiger charge is 2.53. The quantitative estimate of drug-likeness (QED) is 0.220. The van der Waals surface area contributed by atoms with Crippen LogP contribution in [-0.4, -0.2) is 9.97 Å². The molecule has 1 unspecified atom stereocenters. The standard InChI is InChI=1S/C41H26N2/c1-3-11-27(12-4-1)28-19-21-29(22-20-28)31-23-24-34-32-15-7-9-17-36(32)41(38(34)25-31)37-18-10-8-16-33(37)35-26-42-40(43-39(35)41)30-13-5-2-6-14-30/h1-26H. The number of nitrogens with zero attached hydrogens (tertiary/aromatic N) is 2. The summed E-state index contributed by atoms with van der Waals surface area (Å²) in [4.78, 5) is 10.3. The Morgan fingerprint density at radius 2 is 0.860 bits per heavy atom. The lowest BCUT2D eigenvalue weighted by molar-refractivity contribution is 0.758. The van der Waals surface area contributed by atoms with E-state index in [9.17, 15) is 0 Å². The second-order valence-corrected chi connectivity index (χ2v) is 11.4. The van der Waals surface area contributed by atoms with Gasteiger partial charge >= 0.3 is 0 Å². The molecule has 2 aliphatic rings. The highest BCUT2D eigenvalue weighted by molar-refractivity contribution is 5.95. The van der Waals surface area contributed by atoms with E-state index in [1.807, 2.05) is 24.4 Å². The fourth-order valence-electron chi connectivity index (χ4n) is 7.25. The van der Waals surface area contributed by atoms with Crippen molar-refractivity contribution in [1.82, 2.24) is 9.97 Å². The van der Waals surface area contributed by atoms with Crippen LogP contribution in [-0.2, 0) is 5.41 Å². The summed E-state index contributed by atoms with van der Waals surface area (Å²) in [6, 6.07) is 54.4. The molecule has 0 aliphatic heterocycles. The summed E-state index contributed by atoms with van der Waals surface area (Å²) in [5, 5.41) is 0. The first-order valence-corrected chi connectivity index (χ1v) is 14.8. The lowest BCUT2D eigenvalue weighted by Crippen LogP contribution is -2.27. The number of rotatable bonds is 3. The fourth-order valence-corrected chi connectivity index (χ4v) is 7.25. The van der Waals surface area contributed by atoms with Gasteiger partial charge in [0, 0.05) is 17.3 Å². The molecule has 0 fully saturated rings. The zero-order valence-electron chi connectivity index (χ0n) is 23.4. The maximum atomic E-state index is 5.41. The summed E-state index contributed by atoms with van der Waals surface area (Å²) in [5.74, 6) is 0.755. The number of aromatic nitrogens is 2. The fraction of sp³-hybridized carbons (Fsp3) is 0.0244. The van der Waals surface area contributed by atoms with E-state index in [0.29, 0.717) is 0 Å². The van der Waals surface area contributed by atoms with E-state index in [2.05, 4.69) is 133 Å². The monoisotopic (exact) mass is 546 g/mol. The predicted octanol–water partition coefficient (Wildman–Crippen LogP) is 9.82. The van der Waals surface area contributed by atoms with Crippen molar-refractivity contribution >= 4 is 0 Å². The van der Waals surface area contributed by atoms with Gasteiger partial charge in [0.2, 0.25) is 0 Å². The van der Waals surface area contributed by atoms with Gasteiger partial charge in [0.25, 0.3) is 0 Å². The number of hydrogen-bond acceptors (Lipinski definition) is 2. The summed E-state index contributed by atoms with van der Waals surface area (Å²) in [7, 11) is 0. The molecular weight excluding hydrogens is 520 g/mol. The Balaban J connectivity index is 1.29. The Labute approximate surface area is 251 Å². The Kier molecular flexibility index (Phi) is 5.15. The normalized spacial score (nSPS) is 15.5. The third-order valence-electron chi connectivity index (χ3n) is 9.17. The van der Waals surface area contributed by atoms with Gasteiger partial charge in [-0.15, -0.1) is 0 Å². The summed E-state index contributed by atoms with van der Waals surface area (Å²) >= 11 is 0. The summed E-state index contributed by atoms with van der Waals surface area (Å²) in [5.41, 5.74) is 15.1. The molecule has 1 atom stereocenters. The number of hydrogen-bond donors (Lipinski definition) is 0. The SMILES string of the molecule is c1ccc(-c2ccc(-c3ccc4c(c3)C3(c5ccccc5-4)c4ccccc4-c4cnc(-c5ccccc5)nc43)cc2)cc1. The zero-order chi connectivity index (χ0) is 28.4. The van der Waals surface area contributed by atoms with Gasteiger partial charge in [0.05, 0.1) is 11.1 Å². The molecule has 0 radical (unpaired) electrons. The van der Waals surface area contributed by atoms with Crippen LogP contribution in [0.1, 0.15) is 22.4 Å². The summed E-state index contributed by atoms with van der Waals surface area (Å²) in [6.07, 6.45) is 2.03. The second kappa shape index (κ2) is 9.20. The first-order chi connectivity index (χ1) is 21.3. The number of benzene rings is 6. The van der Waals surface area contributed by atoms with Gasteiger partial charge in [-0.3, -0.25) is 0 Å². The van der Waals surface area contributed by atoms with Crippen molar-refractivity contribution in [3.05, 3.63) is 180 Å². The van der Waals surface area contributed by atoms with E-state index in [-0.39, 0.29) is 0 Å². The third kappa shape index (κ3) is 3.41. The van der Waals surface area contributed by atoms with Crippen molar-refractivity contribution < 1.29 is 0 Å². The van der Waals surface area contributed by atoms with Crippen LogP contribution in [0.3, 0.4) is 0 Å². The van der Waals surface area contributed by atoms with Gasteiger partial charge in [-0.2, -0.15) is 0 Å². The molecule has 9 rings (SSSR count). The van der Waals surface area contributed by atoms with Crippen molar-refractivity contribution in [3.63, 3.8) is 0 Å². The minimum Gasteiger partial charge on any atom is -0.236 e. The van der Waals surface area contributed by atoms with Gasteiger partial charge in [-0.1, -0.05) is 146 Å². The van der Waals surface area contributed by atoms with Crippen LogP contribution in [0, 0.1) is 0 Å². The Bertz CT molecular complexity index is 2150. The Hall–Kier alpha value is -5.60. The maximum Gasteiger partial charge on any atom is 0.159 e. The van der Waals surface area contributed by atoms with E-state index >= 15 is 0 Å². The zero-order valence-corrected chi connectivity index (χ0v) is 23.4. The molecule has 1 heterocycles.